The Morgan fingerprint density at radius 3 is 2.19 bits per heavy atom. The van der Waals surface area contributed by atoms with E-state index in [1.54, 1.807) is 26.0 Å². The molecule has 0 aliphatic carbocycles. The first kappa shape index (κ1) is 23.7. The Balaban J connectivity index is 1.87. The van der Waals surface area contributed by atoms with Gasteiger partial charge in [0.25, 0.3) is 5.91 Å². The normalized spacial score (nSPS) is 14.1. The molecule has 0 atom stereocenters. The van der Waals surface area contributed by atoms with Crippen molar-refractivity contribution >= 4 is 33.3 Å². The third-order valence-electron chi connectivity index (χ3n) is 5.63. The summed E-state index contributed by atoms with van der Waals surface area (Å²) in [5.41, 5.74) is 1.99. The highest BCUT2D eigenvalue weighted by Gasteiger charge is 2.24. The lowest BCUT2D eigenvalue weighted by molar-refractivity contribution is 0.0600. The topological polar surface area (TPSA) is 96.0 Å². The molecule has 1 fully saturated rings. The number of carbonyl (C=O) groups excluding carboxylic acids is 2. The number of benzene rings is 2. The minimum absolute atomic E-state index is 0.121. The molecule has 0 spiro atoms. The molecule has 2 aromatic rings. The maximum atomic E-state index is 12.9. The highest BCUT2D eigenvalue weighted by atomic mass is 32.2. The molecular formula is C23H29N3O5S. The molecule has 0 bridgehead atoms. The zero-order valence-corrected chi connectivity index (χ0v) is 19.6. The Hall–Kier alpha value is -2.91. The molecule has 9 heteroatoms. The van der Waals surface area contributed by atoms with Gasteiger partial charge >= 0.3 is 5.97 Å². The van der Waals surface area contributed by atoms with Gasteiger partial charge in [-0.05, 0) is 69.2 Å². The third-order valence-corrected chi connectivity index (χ3v) is 7.68. The van der Waals surface area contributed by atoms with Gasteiger partial charge in [0.1, 0.15) is 0 Å². The monoisotopic (exact) mass is 459 g/mol. The number of hydrogen-bond donors (Lipinski definition) is 1. The number of amides is 1. The molecule has 2 aromatic carbocycles. The Labute approximate surface area is 189 Å². The van der Waals surface area contributed by atoms with Gasteiger partial charge in [-0.15, -0.1) is 0 Å². The molecular weight excluding hydrogens is 430 g/mol. The molecule has 0 aromatic heterocycles. The van der Waals surface area contributed by atoms with Gasteiger partial charge in [-0.25, -0.2) is 13.2 Å². The molecule has 1 saturated heterocycles. The largest absolute Gasteiger partial charge is 0.465 e. The first-order valence-electron chi connectivity index (χ1n) is 10.5. The number of sulfonamides is 1. The van der Waals surface area contributed by atoms with Crippen molar-refractivity contribution in [3.8, 4) is 0 Å². The molecule has 172 valence electrons. The summed E-state index contributed by atoms with van der Waals surface area (Å²) in [6, 6.07) is 10.7. The first-order valence-corrected chi connectivity index (χ1v) is 12.0. The van der Waals surface area contributed by atoms with Crippen LogP contribution >= 0.6 is 0 Å². The van der Waals surface area contributed by atoms with E-state index in [1.165, 1.54) is 42.7 Å². The van der Waals surface area contributed by atoms with Gasteiger partial charge in [-0.2, -0.15) is 4.31 Å². The number of nitrogens with one attached hydrogen (secondary N) is 1. The molecule has 1 aliphatic heterocycles. The quantitative estimate of drug-likeness (QED) is 0.638. The van der Waals surface area contributed by atoms with Crippen LogP contribution in [0.5, 0.6) is 0 Å². The lowest BCUT2D eigenvalue weighted by Crippen LogP contribution is -2.33. The van der Waals surface area contributed by atoms with Crippen LogP contribution in [-0.4, -0.2) is 57.9 Å². The fraction of sp³-hybridized carbons (Fsp3) is 0.391. The summed E-state index contributed by atoms with van der Waals surface area (Å²) in [6.45, 7) is 5.33. The van der Waals surface area contributed by atoms with E-state index in [2.05, 4.69) is 10.2 Å². The van der Waals surface area contributed by atoms with Crippen molar-refractivity contribution in [1.29, 1.82) is 0 Å². The van der Waals surface area contributed by atoms with Crippen LogP contribution in [-0.2, 0) is 14.8 Å². The van der Waals surface area contributed by atoms with E-state index in [9.17, 15) is 18.0 Å². The van der Waals surface area contributed by atoms with Crippen LogP contribution in [0.4, 0.5) is 11.4 Å². The SMILES string of the molecule is COC(=O)c1ccc(N2CCCC2)c(NC(=O)c2ccc(S(=O)(=O)N(C)C(C)C)cc2)c1. The average Bonchev–Trinajstić information content (AvgIpc) is 3.32. The van der Waals surface area contributed by atoms with Crippen molar-refractivity contribution in [2.45, 2.75) is 37.6 Å². The predicted octanol–water partition coefficient (Wildman–Crippen LogP) is 3.35. The zero-order valence-electron chi connectivity index (χ0n) is 18.8. The van der Waals surface area contributed by atoms with Crippen molar-refractivity contribution in [3.63, 3.8) is 0 Å². The summed E-state index contributed by atoms with van der Waals surface area (Å²) in [6.07, 6.45) is 2.12. The Kier molecular flexibility index (Phi) is 7.20. The number of ether oxygens (including phenoxy) is 1. The molecule has 1 heterocycles. The summed E-state index contributed by atoms with van der Waals surface area (Å²) >= 11 is 0. The molecule has 0 saturated carbocycles. The smallest absolute Gasteiger partial charge is 0.337 e. The van der Waals surface area contributed by atoms with Gasteiger partial charge in [0.2, 0.25) is 10.0 Å². The van der Waals surface area contributed by atoms with E-state index in [-0.39, 0.29) is 10.9 Å². The summed E-state index contributed by atoms with van der Waals surface area (Å²) in [7, 11) is -0.802. The van der Waals surface area contributed by atoms with E-state index < -0.39 is 21.9 Å². The fourth-order valence-electron chi connectivity index (χ4n) is 3.53. The van der Waals surface area contributed by atoms with Crippen molar-refractivity contribution < 1.29 is 22.7 Å². The van der Waals surface area contributed by atoms with E-state index in [0.29, 0.717) is 16.8 Å². The number of esters is 1. The fourth-order valence-corrected chi connectivity index (χ4v) is 4.90. The average molecular weight is 460 g/mol. The van der Waals surface area contributed by atoms with Gasteiger partial charge < -0.3 is 15.0 Å². The summed E-state index contributed by atoms with van der Waals surface area (Å²) in [5, 5.41) is 2.87. The van der Waals surface area contributed by atoms with E-state index in [0.717, 1.165) is 31.6 Å². The van der Waals surface area contributed by atoms with Crippen LogP contribution in [0.15, 0.2) is 47.4 Å². The van der Waals surface area contributed by atoms with Gasteiger partial charge in [-0.3, -0.25) is 4.79 Å². The van der Waals surface area contributed by atoms with Crippen molar-refractivity contribution in [2.24, 2.45) is 0 Å². The molecule has 1 aliphatic rings. The van der Waals surface area contributed by atoms with Crippen molar-refractivity contribution in [3.05, 3.63) is 53.6 Å². The molecule has 8 nitrogen and oxygen atoms in total. The maximum Gasteiger partial charge on any atom is 0.337 e. The standard InChI is InChI=1S/C23H29N3O5S/c1-16(2)25(3)32(29,30)19-10-7-17(8-11-19)22(27)24-20-15-18(23(28)31-4)9-12-21(20)26-13-5-6-14-26/h7-12,15-16H,5-6,13-14H2,1-4H3,(H,24,27). The second-order valence-corrected chi connectivity index (χ2v) is 10.0. The predicted molar refractivity (Wildman–Crippen MR) is 124 cm³/mol. The minimum atomic E-state index is -3.63. The number of rotatable bonds is 7. The molecule has 1 amide bonds. The van der Waals surface area contributed by atoms with Crippen LogP contribution in [0.1, 0.15) is 47.4 Å². The minimum Gasteiger partial charge on any atom is -0.465 e. The number of methoxy groups -OCH3 is 1. The Morgan fingerprint density at radius 2 is 1.62 bits per heavy atom. The van der Waals surface area contributed by atoms with Gasteiger partial charge in [-0.1, -0.05) is 0 Å². The maximum absolute atomic E-state index is 12.9. The van der Waals surface area contributed by atoms with Crippen molar-refractivity contribution in [1.82, 2.24) is 4.31 Å². The van der Waals surface area contributed by atoms with E-state index >= 15 is 0 Å². The van der Waals surface area contributed by atoms with E-state index in [1.807, 2.05) is 6.07 Å². The first-order chi connectivity index (χ1) is 15.1. The number of hydrogen-bond acceptors (Lipinski definition) is 6. The molecule has 0 radical (unpaired) electrons. The molecule has 1 N–H and O–H groups in total. The summed E-state index contributed by atoms with van der Waals surface area (Å²) < 4.78 is 31.4. The lowest BCUT2D eigenvalue weighted by Gasteiger charge is -2.22. The van der Waals surface area contributed by atoms with Crippen molar-refractivity contribution in [2.75, 3.05) is 37.5 Å². The lowest BCUT2D eigenvalue weighted by atomic mass is 10.1. The summed E-state index contributed by atoms with van der Waals surface area (Å²) in [4.78, 5) is 27.2. The molecule has 32 heavy (non-hydrogen) atoms. The van der Waals surface area contributed by atoms with Crippen LogP contribution in [0.3, 0.4) is 0 Å². The van der Waals surface area contributed by atoms with E-state index in [4.69, 9.17) is 4.74 Å². The highest BCUT2D eigenvalue weighted by Crippen LogP contribution is 2.31. The highest BCUT2D eigenvalue weighted by molar-refractivity contribution is 7.89. The number of carbonyl (C=O) groups is 2. The second-order valence-electron chi connectivity index (χ2n) is 8.01. The Bertz CT molecular complexity index is 1090. The molecule has 3 rings (SSSR count). The zero-order chi connectivity index (χ0) is 23.5. The van der Waals surface area contributed by atoms with Gasteiger partial charge in [0.15, 0.2) is 0 Å². The number of anilines is 2. The summed E-state index contributed by atoms with van der Waals surface area (Å²) in [5.74, 6) is -0.883. The van der Waals surface area contributed by atoms with Crippen LogP contribution < -0.4 is 10.2 Å². The van der Waals surface area contributed by atoms with Crippen LogP contribution in [0.2, 0.25) is 0 Å². The number of nitrogens with zero attached hydrogens (tertiary/aromatic N) is 2. The van der Waals surface area contributed by atoms with Gasteiger partial charge in [0.05, 0.1) is 28.9 Å². The second kappa shape index (κ2) is 9.70. The van der Waals surface area contributed by atoms with Gasteiger partial charge in [0, 0.05) is 31.7 Å². The van der Waals surface area contributed by atoms with Crippen LogP contribution in [0, 0.1) is 0 Å². The third kappa shape index (κ3) is 4.94. The molecule has 0 unspecified atom stereocenters. The van der Waals surface area contributed by atoms with Crippen LogP contribution in [0.25, 0.3) is 0 Å². The Morgan fingerprint density at radius 1 is 1.03 bits per heavy atom.